The van der Waals surface area contributed by atoms with Crippen LogP contribution in [0.5, 0.6) is 0 Å². The van der Waals surface area contributed by atoms with Gasteiger partial charge in [0.2, 0.25) is 5.91 Å². The maximum absolute atomic E-state index is 12.7. The molecule has 0 saturated carbocycles. The number of nitrogens with one attached hydrogen (secondary N) is 1. The molecule has 6 heteroatoms. The van der Waals surface area contributed by atoms with Gasteiger partial charge in [-0.3, -0.25) is 19.9 Å². The molecule has 1 N–H and O–H groups in total. The molecule has 22 heavy (non-hydrogen) atoms. The third-order valence-electron chi connectivity index (χ3n) is 4.30. The predicted octanol–water partition coefficient (Wildman–Crippen LogP) is 2.03. The Bertz CT molecular complexity index is 674. The second-order valence-electron chi connectivity index (χ2n) is 5.92. The maximum atomic E-state index is 12.7. The van der Waals surface area contributed by atoms with Gasteiger partial charge in [0, 0.05) is 24.0 Å². The molecule has 0 aromatic carbocycles. The molecule has 2 aromatic heterocycles. The van der Waals surface area contributed by atoms with Gasteiger partial charge in [0.1, 0.15) is 0 Å². The van der Waals surface area contributed by atoms with E-state index in [9.17, 15) is 4.79 Å². The van der Waals surface area contributed by atoms with Gasteiger partial charge in [-0.25, -0.2) is 0 Å². The van der Waals surface area contributed by atoms with E-state index in [-0.39, 0.29) is 11.9 Å². The van der Waals surface area contributed by atoms with Gasteiger partial charge in [0.25, 0.3) is 0 Å². The highest BCUT2D eigenvalue weighted by molar-refractivity contribution is 5.80. The minimum atomic E-state index is 0.0485. The van der Waals surface area contributed by atoms with Crippen molar-refractivity contribution in [2.75, 3.05) is 6.54 Å². The van der Waals surface area contributed by atoms with Crippen molar-refractivity contribution in [1.29, 1.82) is 0 Å². The summed E-state index contributed by atoms with van der Waals surface area (Å²) >= 11 is 0. The van der Waals surface area contributed by atoms with Gasteiger partial charge in [-0.1, -0.05) is 0 Å². The molecular weight excluding hydrogens is 278 g/mol. The lowest BCUT2D eigenvalue weighted by atomic mass is 10.1. The Labute approximate surface area is 130 Å². The van der Waals surface area contributed by atoms with Gasteiger partial charge in [-0.05, 0) is 33.6 Å². The molecule has 1 aliphatic heterocycles. The number of likely N-dealkylation sites (tertiary alicyclic amines) is 1. The fourth-order valence-corrected chi connectivity index (χ4v) is 3.10. The van der Waals surface area contributed by atoms with Crippen molar-refractivity contribution in [3.05, 3.63) is 40.7 Å². The number of hydrogen-bond acceptors (Lipinski definition) is 4. The lowest BCUT2D eigenvalue weighted by Gasteiger charge is -2.24. The number of rotatable bonds is 3. The molecule has 3 rings (SSSR count). The van der Waals surface area contributed by atoms with E-state index in [2.05, 4.69) is 20.2 Å². The SMILES string of the molecule is Cc1cncc([C@H]2CCCN2C(=O)Cc2c(C)n[nH]c2C)n1. The lowest BCUT2D eigenvalue weighted by Crippen LogP contribution is -2.32. The molecule has 1 saturated heterocycles. The van der Waals surface area contributed by atoms with Crippen LogP contribution in [0.25, 0.3) is 0 Å². The monoisotopic (exact) mass is 299 g/mol. The van der Waals surface area contributed by atoms with Gasteiger partial charge in [0.15, 0.2) is 0 Å². The highest BCUT2D eigenvalue weighted by Crippen LogP contribution is 2.31. The van der Waals surface area contributed by atoms with Gasteiger partial charge in [0.05, 0.1) is 35.7 Å². The molecule has 1 atom stereocenters. The molecular formula is C16H21N5O. The topological polar surface area (TPSA) is 74.8 Å². The number of H-pyrrole nitrogens is 1. The summed E-state index contributed by atoms with van der Waals surface area (Å²) < 4.78 is 0. The quantitative estimate of drug-likeness (QED) is 0.941. The Balaban J connectivity index is 1.80. The summed E-state index contributed by atoms with van der Waals surface area (Å²) in [5.74, 6) is 0.137. The van der Waals surface area contributed by atoms with Crippen molar-refractivity contribution < 1.29 is 4.79 Å². The number of nitrogens with zero attached hydrogens (tertiary/aromatic N) is 4. The highest BCUT2D eigenvalue weighted by Gasteiger charge is 2.31. The Morgan fingerprint density at radius 2 is 2.18 bits per heavy atom. The minimum absolute atomic E-state index is 0.0485. The van der Waals surface area contributed by atoms with E-state index < -0.39 is 0 Å². The zero-order valence-electron chi connectivity index (χ0n) is 13.3. The van der Waals surface area contributed by atoms with Crippen molar-refractivity contribution in [3.63, 3.8) is 0 Å². The lowest BCUT2D eigenvalue weighted by molar-refractivity contribution is -0.131. The molecule has 0 radical (unpaired) electrons. The number of carbonyl (C=O) groups is 1. The van der Waals surface area contributed by atoms with Crippen molar-refractivity contribution in [1.82, 2.24) is 25.1 Å². The number of aryl methyl sites for hydroxylation is 3. The van der Waals surface area contributed by atoms with Gasteiger partial charge in [-0.2, -0.15) is 5.10 Å². The van der Waals surface area contributed by atoms with E-state index in [1.165, 1.54) is 0 Å². The number of aromatic amines is 1. The largest absolute Gasteiger partial charge is 0.334 e. The zero-order chi connectivity index (χ0) is 15.7. The Morgan fingerprint density at radius 1 is 1.36 bits per heavy atom. The van der Waals surface area contributed by atoms with Crippen molar-refractivity contribution >= 4 is 5.91 Å². The normalized spacial score (nSPS) is 18.0. The number of amides is 1. The molecule has 0 bridgehead atoms. The van der Waals surface area contributed by atoms with Gasteiger partial charge < -0.3 is 4.90 Å². The second-order valence-corrected chi connectivity index (χ2v) is 5.92. The third kappa shape index (κ3) is 2.73. The van der Waals surface area contributed by atoms with Crippen LogP contribution in [0.1, 0.15) is 47.2 Å². The number of carbonyl (C=O) groups excluding carboxylic acids is 1. The number of aromatic nitrogens is 4. The molecule has 6 nitrogen and oxygen atoms in total. The average molecular weight is 299 g/mol. The first-order valence-electron chi connectivity index (χ1n) is 7.64. The van der Waals surface area contributed by atoms with Crippen LogP contribution in [0, 0.1) is 20.8 Å². The molecule has 0 aliphatic carbocycles. The van der Waals surface area contributed by atoms with Crippen LogP contribution >= 0.6 is 0 Å². The van der Waals surface area contributed by atoms with Crippen LogP contribution in [0.15, 0.2) is 12.4 Å². The summed E-state index contributed by atoms with van der Waals surface area (Å²) in [7, 11) is 0. The van der Waals surface area contributed by atoms with E-state index in [1.807, 2.05) is 25.7 Å². The molecule has 1 amide bonds. The fourth-order valence-electron chi connectivity index (χ4n) is 3.10. The molecule has 2 aromatic rings. The van der Waals surface area contributed by atoms with E-state index in [1.54, 1.807) is 12.4 Å². The third-order valence-corrected chi connectivity index (χ3v) is 4.30. The minimum Gasteiger partial charge on any atom is -0.334 e. The molecule has 3 heterocycles. The maximum Gasteiger partial charge on any atom is 0.227 e. The first-order chi connectivity index (χ1) is 10.6. The van der Waals surface area contributed by atoms with Crippen LogP contribution in [0.2, 0.25) is 0 Å². The highest BCUT2D eigenvalue weighted by atomic mass is 16.2. The Hall–Kier alpha value is -2.24. The molecule has 1 fully saturated rings. The van der Waals surface area contributed by atoms with Crippen LogP contribution in [-0.4, -0.2) is 37.5 Å². The van der Waals surface area contributed by atoms with E-state index in [4.69, 9.17) is 0 Å². The smallest absolute Gasteiger partial charge is 0.227 e. The predicted molar refractivity (Wildman–Crippen MR) is 82.2 cm³/mol. The summed E-state index contributed by atoms with van der Waals surface area (Å²) in [5, 5.41) is 7.11. The van der Waals surface area contributed by atoms with E-state index in [0.717, 1.165) is 47.7 Å². The van der Waals surface area contributed by atoms with Crippen molar-refractivity contribution in [2.45, 2.75) is 46.1 Å². The first kappa shape index (κ1) is 14.7. The van der Waals surface area contributed by atoms with Crippen LogP contribution < -0.4 is 0 Å². The van der Waals surface area contributed by atoms with Crippen LogP contribution in [0.4, 0.5) is 0 Å². The van der Waals surface area contributed by atoms with Gasteiger partial charge in [-0.15, -0.1) is 0 Å². The zero-order valence-corrected chi connectivity index (χ0v) is 13.3. The van der Waals surface area contributed by atoms with E-state index in [0.29, 0.717) is 6.42 Å². The summed E-state index contributed by atoms with van der Waals surface area (Å²) in [4.78, 5) is 23.4. The summed E-state index contributed by atoms with van der Waals surface area (Å²) in [5.41, 5.74) is 4.66. The Kier molecular flexibility index (Phi) is 3.92. The van der Waals surface area contributed by atoms with Gasteiger partial charge >= 0.3 is 0 Å². The van der Waals surface area contributed by atoms with Crippen molar-refractivity contribution in [3.8, 4) is 0 Å². The first-order valence-corrected chi connectivity index (χ1v) is 7.64. The molecule has 116 valence electrons. The average Bonchev–Trinajstić information content (AvgIpc) is 3.09. The standard InChI is InChI=1S/C16H21N5O/c1-10-8-17-9-14(18-10)15-5-4-6-21(15)16(22)7-13-11(2)19-20-12(13)3/h8-9,15H,4-7H2,1-3H3,(H,19,20)/t15-/m1/s1. The molecule has 0 spiro atoms. The molecule has 0 unspecified atom stereocenters. The van der Waals surface area contributed by atoms with Crippen molar-refractivity contribution in [2.24, 2.45) is 0 Å². The van der Waals surface area contributed by atoms with E-state index >= 15 is 0 Å². The summed E-state index contributed by atoms with van der Waals surface area (Å²) in [6.45, 7) is 6.60. The second kappa shape index (κ2) is 5.87. The Morgan fingerprint density at radius 3 is 2.86 bits per heavy atom. The number of hydrogen-bond donors (Lipinski definition) is 1. The summed E-state index contributed by atoms with van der Waals surface area (Å²) in [6.07, 6.45) is 5.87. The molecule has 1 aliphatic rings. The van der Waals surface area contributed by atoms with Crippen LogP contribution in [0.3, 0.4) is 0 Å². The fraction of sp³-hybridized carbons (Fsp3) is 0.500. The summed E-state index contributed by atoms with van der Waals surface area (Å²) in [6, 6.07) is 0.0485. The van der Waals surface area contributed by atoms with Crippen LogP contribution in [-0.2, 0) is 11.2 Å².